The van der Waals surface area contributed by atoms with Crippen LogP contribution in [0.25, 0.3) is 10.1 Å². The van der Waals surface area contributed by atoms with Crippen molar-refractivity contribution in [2.75, 3.05) is 18.9 Å². The zero-order chi connectivity index (χ0) is 14.0. The van der Waals surface area contributed by atoms with Crippen LogP contribution < -0.4 is 5.73 Å². The Labute approximate surface area is 115 Å². The number of pyridine rings is 1. The van der Waals surface area contributed by atoms with Crippen LogP contribution in [0.1, 0.15) is 23.5 Å². The molecule has 19 heavy (non-hydrogen) atoms. The number of nitrogen functional groups attached to an aromatic ring is 1. The predicted molar refractivity (Wildman–Crippen MR) is 77.3 cm³/mol. The number of anilines is 1. The largest absolute Gasteiger partial charge is 0.397 e. The summed E-state index contributed by atoms with van der Waals surface area (Å²) < 4.78 is 0.899. The number of carbonyl (C=O) groups is 1. The highest BCUT2D eigenvalue weighted by molar-refractivity contribution is 7.21. The molecule has 0 atom stereocenters. The van der Waals surface area contributed by atoms with E-state index in [0.717, 1.165) is 10.1 Å². The number of fused-ring (bicyclic) bond motifs is 1. The summed E-state index contributed by atoms with van der Waals surface area (Å²) in [6.07, 6.45) is 3.37. The standard InChI is InChI=1S/C13H17N3O2S/c1-8(2)16(5-6-17)13(18)12-11(14)9-3-4-15-7-10(9)19-12/h3-4,7-8,17H,5-6,14H2,1-2H3. The second kappa shape index (κ2) is 5.54. The lowest BCUT2D eigenvalue weighted by Crippen LogP contribution is -2.38. The van der Waals surface area contributed by atoms with E-state index >= 15 is 0 Å². The highest BCUT2D eigenvalue weighted by Crippen LogP contribution is 2.33. The molecule has 0 bridgehead atoms. The van der Waals surface area contributed by atoms with Gasteiger partial charge in [-0.1, -0.05) is 0 Å². The van der Waals surface area contributed by atoms with Gasteiger partial charge in [0.15, 0.2) is 0 Å². The number of rotatable bonds is 4. The normalized spacial score (nSPS) is 11.2. The molecule has 0 aliphatic carbocycles. The third kappa shape index (κ3) is 2.54. The first-order valence-electron chi connectivity index (χ1n) is 6.10. The number of aliphatic hydroxyl groups is 1. The van der Waals surface area contributed by atoms with E-state index in [9.17, 15) is 4.79 Å². The first kappa shape index (κ1) is 13.8. The van der Waals surface area contributed by atoms with Crippen molar-refractivity contribution in [2.45, 2.75) is 19.9 Å². The van der Waals surface area contributed by atoms with E-state index in [-0.39, 0.29) is 18.6 Å². The lowest BCUT2D eigenvalue weighted by Gasteiger charge is -2.25. The summed E-state index contributed by atoms with van der Waals surface area (Å²) in [6.45, 7) is 4.08. The average Bonchev–Trinajstić information content (AvgIpc) is 2.73. The van der Waals surface area contributed by atoms with Gasteiger partial charge in [0.25, 0.3) is 5.91 Å². The molecule has 2 heterocycles. The van der Waals surface area contributed by atoms with Crippen molar-refractivity contribution >= 4 is 33.0 Å². The quantitative estimate of drug-likeness (QED) is 0.893. The highest BCUT2D eigenvalue weighted by Gasteiger charge is 2.23. The Balaban J connectivity index is 2.43. The summed E-state index contributed by atoms with van der Waals surface area (Å²) in [5.41, 5.74) is 6.54. The van der Waals surface area contributed by atoms with Crippen LogP contribution in [0.2, 0.25) is 0 Å². The first-order valence-corrected chi connectivity index (χ1v) is 6.91. The van der Waals surface area contributed by atoms with Crippen molar-refractivity contribution in [1.29, 1.82) is 0 Å². The molecule has 0 aromatic carbocycles. The zero-order valence-electron chi connectivity index (χ0n) is 11.0. The van der Waals surface area contributed by atoms with Crippen molar-refractivity contribution < 1.29 is 9.90 Å². The van der Waals surface area contributed by atoms with Crippen molar-refractivity contribution in [1.82, 2.24) is 9.88 Å². The Bertz CT molecular complexity index is 595. The Morgan fingerprint density at radius 1 is 1.58 bits per heavy atom. The van der Waals surface area contributed by atoms with E-state index in [4.69, 9.17) is 10.8 Å². The topological polar surface area (TPSA) is 79.5 Å². The lowest BCUT2D eigenvalue weighted by molar-refractivity contribution is 0.0671. The number of carbonyl (C=O) groups excluding carboxylic acids is 1. The number of hydrogen-bond donors (Lipinski definition) is 2. The second-order valence-electron chi connectivity index (χ2n) is 4.53. The van der Waals surface area contributed by atoms with E-state index < -0.39 is 0 Å². The van der Waals surface area contributed by atoms with E-state index in [1.807, 2.05) is 19.9 Å². The van der Waals surface area contributed by atoms with Crippen molar-refractivity contribution in [3.63, 3.8) is 0 Å². The Kier molecular flexibility index (Phi) is 4.01. The van der Waals surface area contributed by atoms with Gasteiger partial charge < -0.3 is 15.7 Å². The SMILES string of the molecule is CC(C)N(CCO)C(=O)c1sc2cnccc2c1N. The van der Waals surface area contributed by atoms with Crippen molar-refractivity contribution in [2.24, 2.45) is 0 Å². The third-order valence-corrected chi connectivity index (χ3v) is 4.09. The van der Waals surface area contributed by atoms with E-state index in [1.165, 1.54) is 11.3 Å². The Hall–Kier alpha value is -1.66. The summed E-state index contributed by atoms with van der Waals surface area (Å²) in [5.74, 6) is -0.136. The summed E-state index contributed by atoms with van der Waals surface area (Å²) in [4.78, 5) is 18.7. The van der Waals surface area contributed by atoms with Gasteiger partial charge in [0.2, 0.25) is 0 Å². The molecule has 2 rings (SSSR count). The molecule has 102 valence electrons. The van der Waals surface area contributed by atoms with Gasteiger partial charge in [0, 0.05) is 30.4 Å². The van der Waals surface area contributed by atoms with Gasteiger partial charge in [-0.05, 0) is 19.9 Å². The van der Waals surface area contributed by atoms with Gasteiger partial charge in [-0.25, -0.2) is 0 Å². The van der Waals surface area contributed by atoms with Crippen LogP contribution in [-0.2, 0) is 0 Å². The number of nitrogens with zero attached hydrogens (tertiary/aromatic N) is 2. The number of thiophene rings is 1. The maximum absolute atomic E-state index is 12.5. The monoisotopic (exact) mass is 279 g/mol. The van der Waals surface area contributed by atoms with Gasteiger partial charge >= 0.3 is 0 Å². The molecule has 1 amide bonds. The third-order valence-electron chi connectivity index (χ3n) is 2.95. The molecule has 5 nitrogen and oxygen atoms in total. The molecule has 6 heteroatoms. The van der Waals surface area contributed by atoms with Crippen LogP contribution in [0, 0.1) is 0 Å². The van der Waals surface area contributed by atoms with Gasteiger partial charge in [0.05, 0.1) is 17.0 Å². The minimum atomic E-state index is -0.136. The van der Waals surface area contributed by atoms with Crippen molar-refractivity contribution in [3.05, 3.63) is 23.3 Å². The fourth-order valence-corrected chi connectivity index (χ4v) is 3.01. The number of aromatic nitrogens is 1. The fraction of sp³-hybridized carbons (Fsp3) is 0.385. The molecule has 2 aromatic heterocycles. The van der Waals surface area contributed by atoms with Gasteiger partial charge in [0.1, 0.15) is 4.88 Å². The molecule has 0 saturated heterocycles. The van der Waals surface area contributed by atoms with Gasteiger partial charge in [-0.2, -0.15) is 0 Å². The van der Waals surface area contributed by atoms with Crippen LogP contribution >= 0.6 is 11.3 Å². The minimum Gasteiger partial charge on any atom is -0.397 e. The summed E-state index contributed by atoms with van der Waals surface area (Å²) >= 11 is 1.34. The van der Waals surface area contributed by atoms with Crippen LogP contribution in [0.15, 0.2) is 18.5 Å². The van der Waals surface area contributed by atoms with Crippen LogP contribution in [0.4, 0.5) is 5.69 Å². The van der Waals surface area contributed by atoms with Crippen LogP contribution in [-0.4, -0.2) is 40.1 Å². The van der Waals surface area contributed by atoms with E-state index in [1.54, 1.807) is 17.3 Å². The van der Waals surface area contributed by atoms with Crippen LogP contribution in [0.3, 0.4) is 0 Å². The first-order chi connectivity index (χ1) is 9.06. The highest BCUT2D eigenvalue weighted by atomic mass is 32.1. The molecule has 0 spiro atoms. The number of hydrogen-bond acceptors (Lipinski definition) is 5. The number of nitrogens with two attached hydrogens (primary N) is 1. The fourth-order valence-electron chi connectivity index (χ4n) is 1.96. The molecule has 0 radical (unpaired) electrons. The minimum absolute atomic E-state index is 0.0161. The summed E-state index contributed by atoms with van der Waals surface area (Å²) in [5, 5.41) is 9.92. The maximum atomic E-state index is 12.5. The number of aliphatic hydroxyl groups excluding tert-OH is 1. The lowest BCUT2D eigenvalue weighted by atomic mass is 10.2. The zero-order valence-corrected chi connectivity index (χ0v) is 11.8. The van der Waals surface area contributed by atoms with Gasteiger partial charge in [-0.15, -0.1) is 11.3 Å². The molecule has 0 unspecified atom stereocenters. The van der Waals surface area contributed by atoms with Crippen molar-refractivity contribution in [3.8, 4) is 0 Å². The van der Waals surface area contributed by atoms with Crippen LogP contribution in [0.5, 0.6) is 0 Å². The molecule has 0 aliphatic rings. The van der Waals surface area contributed by atoms with Gasteiger partial charge in [-0.3, -0.25) is 9.78 Å². The molecule has 0 fully saturated rings. The predicted octanol–water partition coefficient (Wildman–Crippen LogP) is 1.72. The molecule has 2 aromatic rings. The average molecular weight is 279 g/mol. The second-order valence-corrected chi connectivity index (χ2v) is 5.58. The number of amides is 1. The summed E-state index contributed by atoms with van der Waals surface area (Å²) in [7, 11) is 0. The Morgan fingerprint density at radius 2 is 2.32 bits per heavy atom. The molecular formula is C13H17N3O2S. The maximum Gasteiger partial charge on any atom is 0.266 e. The summed E-state index contributed by atoms with van der Waals surface area (Å²) in [6, 6.07) is 1.83. The van der Waals surface area contributed by atoms with E-state index in [0.29, 0.717) is 17.1 Å². The molecule has 3 N–H and O–H groups in total. The molecule has 0 aliphatic heterocycles. The molecular weight excluding hydrogens is 262 g/mol. The molecule has 0 saturated carbocycles. The van der Waals surface area contributed by atoms with E-state index in [2.05, 4.69) is 4.98 Å². The Morgan fingerprint density at radius 3 is 2.89 bits per heavy atom. The smallest absolute Gasteiger partial charge is 0.266 e.